The van der Waals surface area contributed by atoms with Crippen LogP contribution in [0.2, 0.25) is 0 Å². The maximum atomic E-state index is 10.9. The van der Waals surface area contributed by atoms with Crippen LogP contribution in [0.4, 0.5) is 11.5 Å². The molecule has 1 atom stereocenters. The Kier molecular flexibility index (Phi) is 6.64. The van der Waals surface area contributed by atoms with E-state index in [2.05, 4.69) is 23.7 Å². The maximum Gasteiger partial charge on any atom is 0.303 e. The van der Waals surface area contributed by atoms with E-state index < -0.39 is 5.97 Å². The highest BCUT2D eigenvalue weighted by atomic mass is 16.4. The van der Waals surface area contributed by atoms with Crippen molar-refractivity contribution in [3.63, 3.8) is 0 Å². The van der Waals surface area contributed by atoms with Gasteiger partial charge >= 0.3 is 5.97 Å². The molecular weight excluding hydrogens is 318 g/mol. The number of aromatic nitrogens is 1. The van der Waals surface area contributed by atoms with Gasteiger partial charge in [-0.2, -0.15) is 0 Å². The molecule has 0 unspecified atom stereocenters. The first-order valence-corrected chi connectivity index (χ1v) is 9.19. The Hall–Kier alpha value is -1.82. The highest BCUT2D eigenvalue weighted by Crippen LogP contribution is 2.32. The topological polar surface area (TPSA) is 99.7 Å². The van der Waals surface area contributed by atoms with Gasteiger partial charge in [-0.3, -0.25) is 4.79 Å². The number of aliphatic carboxylic acids is 1. The summed E-state index contributed by atoms with van der Waals surface area (Å²) in [4.78, 5) is 17.8. The first kappa shape index (κ1) is 19.5. The van der Waals surface area contributed by atoms with Crippen molar-refractivity contribution in [2.75, 3.05) is 17.2 Å². The van der Waals surface area contributed by atoms with E-state index >= 15 is 0 Å². The number of carboxylic acid groups (broad SMARTS) is 1. The smallest absolute Gasteiger partial charge is 0.303 e. The van der Waals surface area contributed by atoms with Gasteiger partial charge in [0.15, 0.2) is 5.82 Å². The van der Waals surface area contributed by atoms with E-state index in [9.17, 15) is 9.90 Å². The fourth-order valence-corrected chi connectivity index (χ4v) is 3.55. The van der Waals surface area contributed by atoms with E-state index in [1.807, 2.05) is 13.0 Å². The molecular formula is C19H31N3O3. The Morgan fingerprint density at radius 3 is 2.48 bits per heavy atom. The fraction of sp³-hybridized carbons (Fsp3) is 0.684. The predicted octanol–water partition coefficient (Wildman–Crippen LogP) is 3.01. The molecule has 6 heteroatoms. The lowest BCUT2D eigenvalue weighted by Gasteiger charge is -2.38. The normalized spacial score (nSPS) is 22.0. The zero-order valence-corrected chi connectivity index (χ0v) is 15.5. The minimum absolute atomic E-state index is 0.0662. The van der Waals surface area contributed by atoms with Crippen LogP contribution in [-0.2, 0) is 4.79 Å². The molecule has 2 rings (SSSR count). The number of nitrogens with zero attached hydrogens (tertiary/aromatic N) is 2. The summed E-state index contributed by atoms with van der Waals surface area (Å²) in [6.07, 6.45) is 5.13. The summed E-state index contributed by atoms with van der Waals surface area (Å²) in [7, 11) is 0. The van der Waals surface area contributed by atoms with Crippen LogP contribution in [0.25, 0.3) is 0 Å². The van der Waals surface area contributed by atoms with Gasteiger partial charge in [0.2, 0.25) is 0 Å². The van der Waals surface area contributed by atoms with Gasteiger partial charge in [0.1, 0.15) is 0 Å². The van der Waals surface area contributed by atoms with Gasteiger partial charge in [0.05, 0.1) is 18.2 Å². The first-order valence-electron chi connectivity index (χ1n) is 9.19. The van der Waals surface area contributed by atoms with Gasteiger partial charge in [0, 0.05) is 18.8 Å². The zero-order valence-electron chi connectivity index (χ0n) is 15.5. The first-order chi connectivity index (χ1) is 11.8. The molecule has 25 heavy (non-hydrogen) atoms. The van der Waals surface area contributed by atoms with Crippen molar-refractivity contribution < 1.29 is 15.0 Å². The molecule has 1 aromatic rings. The number of carbonyl (C=O) groups is 1. The summed E-state index contributed by atoms with van der Waals surface area (Å²) in [5.41, 5.74) is 7.75. The summed E-state index contributed by atoms with van der Waals surface area (Å²) in [6.45, 7) is 7.08. The molecule has 1 aromatic heterocycles. The molecule has 0 bridgehead atoms. The van der Waals surface area contributed by atoms with Crippen LogP contribution in [0.15, 0.2) is 12.3 Å². The molecule has 0 saturated heterocycles. The molecule has 1 aliphatic rings. The van der Waals surface area contributed by atoms with Crippen molar-refractivity contribution in [1.29, 1.82) is 0 Å². The van der Waals surface area contributed by atoms with Crippen LogP contribution in [0, 0.1) is 5.92 Å². The molecule has 0 radical (unpaired) electrons. The number of nitrogens with two attached hydrogens (primary N) is 1. The van der Waals surface area contributed by atoms with Gasteiger partial charge in [-0.1, -0.05) is 20.8 Å². The third-order valence-corrected chi connectivity index (χ3v) is 4.91. The number of carboxylic acids is 1. The average Bonchev–Trinajstić information content (AvgIpc) is 2.53. The van der Waals surface area contributed by atoms with E-state index in [4.69, 9.17) is 10.8 Å². The Morgan fingerprint density at radius 2 is 1.96 bits per heavy atom. The number of aliphatic hydroxyl groups is 1. The standard InChI is InChI=1S/C19H31N3O3/c1-12(2)11-22(15-4-6-16(23)7-5-15)19-17(20)9-14(10-21-19)13(3)8-18(24)25/h9-10,12-13,15-16,23H,4-8,11,20H2,1-3H3,(H,24,25)/t13-,15?,16?/m1/s1. The van der Waals surface area contributed by atoms with Crippen LogP contribution in [-0.4, -0.2) is 39.9 Å². The summed E-state index contributed by atoms with van der Waals surface area (Å²) in [5.74, 6) is 0.307. The monoisotopic (exact) mass is 349 g/mol. The van der Waals surface area contributed by atoms with Crippen molar-refractivity contribution in [2.24, 2.45) is 5.92 Å². The summed E-state index contributed by atoms with van der Waals surface area (Å²) in [6, 6.07) is 2.20. The number of rotatable bonds is 7. The third-order valence-electron chi connectivity index (χ3n) is 4.91. The van der Waals surface area contributed by atoms with Crippen LogP contribution < -0.4 is 10.6 Å². The second kappa shape index (κ2) is 8.52. The zero-order chi connectivity index (χ0) is 18.6. The van der Waals surface area contributed by atoms with Gasteiger partial charge in [0.25, 0.3) is 0 Å². The van der Waals surface area contributed by atoms with Crippen LogP contribution in [0.1, 0.15) is 64.4 Å². The third kappa shape index (κ3) is 5.33. The van der Waals surface area contributed by atoms with E-state index in [1.54, 1.807) is 6.20 Å². The number of pyridine rings is 1. The largest absolute Gasteiger partial charge is 0.481 e. The van der Waals surface area contributed by atoms with E-state index in [-0.39, 0.29) is 18.4 Å². The summed E-state index contributed by atoms with van der Waals surface area (Å²) < 4.78 is 0. The van der Waals surface area contributed by atoms with Crippen LogP contribution >= 0.6 is 0 Å². The van der Waals surface area contributed by atoms with Gasteiger partial charge < -0.3 is 20.8 Å². The minimum atomic E-state index is -0.822. The Bertz CT molecular complexity index is 583. The number of hydrogen-bond donors (Lipinski definition) is 3. The molecule has 0 aromatic carbocycles. The fourth-order valence-electron chi connectivity index (χ4n) is 3.55. The quantitative estimate of drug-likeness (QED) is 0.700. The van der Waals surface area contributed by atoms with Crippen molar-refractivity contribution >= 4 is 17.5 Å². The lowest BCUT2D eigenvalue weighted by Crippen LogP contribution is -2.42. The summed E-state index contributed by atoms with van der Waals surface area (Å²) in [5, 5.41) is 18.7. The Balaban J connectivity index is 2.23. The van der Waals surface area contributed by atoms with E-state index in [0.29, 0.717) is 17.6 Å². The average molecular weight is 349 g/mol. The van der Waals surface area contributed by atoms with Crippen molar-refractivity contribution in [1.82, 2.24) is 4.98 Å². The number of aliphatic hydroxyl groups excluding tert-OH is 1. The molecule has 0 spiro atoms. The molecule has 1 saturated carbocycles. The van der Waals surface area contributed by atoms with Crippen LogP contribution in [0.3, 0.4) is 0 Å². The highest BCUT2D eigenvalue weighted by Gasteiger charge is 2.27. The highest BCUT2D eigenvalue weighted by molar-refractivity contribution is 5.69. The molecule has 140 valence electrons. The van der Waals surface area contributed by atoms with E-state index in [1.165, 1.54) is 0 Å². The van der Waals surface area contributed by atoms with Crippen LogP contribution in [0.5, 0.6) is 0 Å². The molecule has 0 amide bonds. The van der Waals surface area contributed by atoms with Crippen molar-refractivity contribution in [2.45, 2.75) is 70.9 Å². The number of nitrogen functional groups attached to an aromatic ring is 1. The summed E-state index contributed by atoms with van der Waals surface area (Å²) >= 11 is 0. The number of anilines is 2. The van der Waals surface area contributed by atoms with Crippen molar-refractivity contribution in [3.05, 3.63) is 17.8 Å². The SMILES string of the molecule is CC(C)CN(c1ncc([C@H](C)CC(=O)O)cc1N)C1CCC(O)CC1. The lowest BCUT2D eigenvalue weighted by molar-refractivity contribution is -0.137. The predicted molar refractivity (Wildman–Crippen MR) is 99.8 cm³/mol. The lowest BCUT2D eigenvalue weighted by atomic mass is 9.91. The Morgan fingerprint density at radius 1 is 1.32 bits per heavy atom. The molecule has 1 aliphatic carbocycles. The Labute approximate surface area is 150 Å². The van der Waals surface area contributed by atoms with E-state index in [0.717, 1.165) is 43.6 Å². The second-order valence-electron chi connectivity index (χ2n) is 7.69. The van der Waals surface area contributed by atoms with Gasteiger partial charge in [-0.25, -0.2) is 4.98 Å². The number of hydrogen-bond acceptors (Lipinski definition) is 5. The molecule has 1 fully saturated rings. The second-order valence-corrected chi connectivity index (χ2v) is 7.69. The maximum absolute atomic E-state index is 10.9. The molecule has 1 heterocycles. The van der Waals surface area contributed by atoms with Crippen molar-refractivity contribution in [3.8, 4) is 0 Å². The molecule has 0 aliphatic heterocycles. The van der Waals surface area contributed by atoms with Gasteiger partial charge in [-0.15, -0.1) is 0 Å². The van der Waals surface area contributed by atoms with Gasteiger partial charge in [-0.05, 0) is 49.1 Å². The minimum Gasteiger partial charge on any atom is -0.481 e. The molecule has 4 N–H and O–H groups in total. The molecule has 6 nitrogen and oxygen atoms in total.